The Hall–Kier alpha value is -2.88. The zero-order valence-electron chi connectivity index (χ0n) is 15.8. The summed E-state index contributed by atoms with van der Waals surface area (Å²) in [6.07, 6.45) is 3.59. The van der Waals surface area contributed by atoms with E-state index in [1.165, 1.54) is 0 Å². The van der Waals surface area contributed by atoms with Gasteiger partial charge in [0.15, 0.2) is 0 Å². The Labute approximate surface area is 168 Å². The number of likely N-dealkylation sites (N-methyl/N-ethyl adjacent to an activating group) is 1. The topological polar surface area (TPSA) is 65.2 Å². The smallest absolute Gasteiger partial charge is 0.236 e. The van der Waals surface area contributed by atoms with Crippen LogP contribution in [0, 0.1) is 11.3 Å². The van der Waals surface area contributed by atoms with E-state index in [9.17, 15) is 10.1 Å². The van der Waals surface area contributed by atoms with E-state index in [1.54, 1.807) is 17.2 Å². The number of aromatic nitrogens is 2. The van der Waals surface area contributed by atoms with E-state index in [2.05, 4.69) is 16.0 Å². The number of benzene rings is 1. The van der Waals surface area contributed by atoms with Gasteiger partial charge >= 0.3 is 0 Å². The number of hydrogen-bond donors (Lipinski definition) is 0. The molecule has 142 valence electrons. The van der Waals surface area contributed by atoms with Gasteiger partial charge in [-0.25, -0.2) is 0 Å². The van der Waals surface area contributed by atoms with Crippen LogP contribution in [-0.4, -0.2) is 51.9 Å². The molecule has 0 bridgehead atoms. The lowest BCUT2D eigenvalue weighted by Gasteiger charge is -2.31. The first-order chi connectivity index (χ1) is 13.5. The fourth-order valence-corrected chi connectivity index (χ4v) is 3.93. The first-order valence-electron chi connectivity index (χ1n) is 9.06. The van der Waals surface area contributed by atoms with Crippen molar-refractivity contribution in [3.63, 3.8) is 0 Å². The molecule has 0 N–H and O–H groups in total. The lowest BCUT2D eigenvalue weighted by Crippen LogP contribution is -2.47. The molecule has 1 saturated heterocycles. The highest BCUT2D eigenvalue weighted by molar-refractivity contribution is 6.31. The molecule has 0 atom stereocenters. The SMILES string of the molecule is CN1CCN(Cc2cncc(-c3c(C#N)c4ccc(Cl)cc4n3C)c2)CC1=O. The van der Waals surface area contributed by atoms with Gasteiger partial charge in [-0.2, -0.15) is 5.26 Å². The maximum absolute atomic E-state index is 12.0. The molecule has 1 aliphatic rings. The van der Waals surface area contributed by atoms with Crippen LogP contribution in [0.2, 0.25) is 5.02 Å². The summed E-state index contributed by atoms with van der Waals surface area (Å²) in [7, 11) is 3.76. The molecule has 2 aromatic heterocycles. The standard InChI is InChI=1S/C21H20ClN5O/c1-25-5-6-27(13-20(25)28)12-14-7-15(11-24-10-14)21-18(9-23)17-4-3-16(22)8-19(17)26(21)2/h3-4,7-8,10-11H,5-6,12-13H2,1-2H3. The largest absolute Gasteiger partial charge is 0.343 e. The molecular formula is C21H20ClN5O. The van der Waals surface area contributed by atoms with Crippen molar-refractivity contribution in [2.45, 2.75) is 6.54 Å². The maximum atomic E-state index is 12.0. The molecule has 0 spiro atoms. The molecule has 1 fully saturated rings. The first-order valence-corrected chi connectivity index (χ1v) is 9.44. The quantitative estimate of drug-likeness (QED) is 0.686. The summed E-state index contributed by atoms with van der Waals surface area (Å²) in [6, 6.07) is 9.94. The van der Waals surface area contributed by atoms with Crippen molar-refractivity contribution in [3.05, 3.63) is 52.8 Å². The van der Waals surface area contributed by atoms with Crippen LogP contribution in [0.4, 0.5) is 0 Å². The van der Waals surface area contributed by atoms with Gasteiger partial charge in [-0.05, 0) is 29.8 Å². The van der Waals surface area contributed by atoms with E-state index in [0.717, 1.165) is 40.8 Å². The number of halogens is 1. The van der Waals surface area contributed by atoms with Gasteiger partial charge in [-0.15, -0.1) is 0 Å². The van der Waals surface area contributed by atoms with E-state index in [-0.39, 0.29) is 5.91 Å². The minimum Gasteiger partial charge on any atom is -0.343 e. The summed E-state index contributed by atoms with van der Waals surface area (Å²) in [5.74, 6) is 0.132. The Morgan fingerprint density at radius 1 is 1.21 bits per heavy atom. The number of hydrogen-bond acceptors (Lipinski definition) is 4. The molecule has 1 aliphatic heterocycles. The highest BCUT2D eigenvalue weighted by atomic mass is 35.5. The molecule has 6 nitrogen and oxygen atoms in total. The minimum atomic E-state index is 0.132. The van der Waals surface area contributed by atoms with Crippen molar-refractivity contribution in [3.8, 4) is 17.3 Å². The Morgan fingerprint density at radius 2 is 2.04 bits per heavy atom. The predicted octanol–water partition coefficient (Wildman–Crippen LogP) is 3.04. The molecule has 3 heterocycles. The van der Waals surface area contributed by atoms with Crippen molar-refractivity contribution >= 4 is 28.4 Å². The van der Waals surface area contributed by atoms with Crippen molar-refractivity contribution in [2.24, 2.45) is 7.05 Å². The molecule has 4 rings (SSSR count). The lowest BCUT2D eigenvalue weighted by atomic mass is 10.1. The normalized spacial score (nSPS) is 15.2. The van der Waals surface area contributed by atoms with Gasteiger partial charge in [0.05, 0.1) is 23.3 Å². The zero-order valence-corrected chi connectivity index (χ0v) is 16.6. The second-order valence-electron chi connectivity index (χ2n) is 7.16. The van der Waals surface area contributed by atoms with Gasteiger partial charge in [-0.3, -0.25) is 14.7 Å². The summed E-state index contributed by atoms with van der Waals surface area (Å²) in [6.45, 7) is 2.63. The van der Waals surface area contributed by atoms with Crippen LogP contribution in [0.1, 0.15) is 11.1 Å². The van der Waals surface area contributed by atoms with Crippen LogP contribution in [0.15, 0.2) is 36.7 Å². The number of fused-ring (bicyclic) bond motifs is 1. The monoisotopic (exact) mass is 393 g/mol. The summed E-state index contributed by atoms with van der Waals surface area (Å²) in [4.78, 5) is 20.2. The third-order valence-corrected chi connectivity index (χ3v) is 5.52. The van der Waals surface area contributed by atoms with Gasteiger partial charge < -0.3 is 9.47 Å². The van der Waals surface area contributed by atoms with Gasteiger partial charge in [0.1, 0.15) is 6.07 Å². The van der Waals surface area contributed by atoms with Gasteiger partial charge in [0.25, 0.3) is 0 Å². The van der Waals surface area contributed by atoms with Crippen LogP contribution in [-0.2, 0) is 18.4 Å². The van der Waals surface area contributed by atoms with Crippen LogP contribution in [0.3, 0.4) is 0 Å². The summed E-state index contributed by atoms with van der Waals surface area (Å²) in [5.41, 5.74) is 4.24. The summed E-state index contributed by atoms with van der Waals surface area (Å²) < 4.78 is 1.99. The molecule has 0 aliphatic carbocycles. The van der Waals surface area contributed by atoms with Gasteiger partial charge in [0.2, 0.25) is 5.91 Å². The van der Waals surface area contributed by atoms with Gasteiger partial charge in [0, 0.05) is 62.1 Å². The molecule has 0 radical (unpaired) electrons. The maximum Gasteiger partial charge on any atom is 0.236 e. The molecule has 28 heavy (non-hydrogen) atoms. The molecule has 1 aromatic carbocycles. The summed E-state index contributed by atoms with van der Waals surface area (Å²) in [5, 5.41) is 11.3. The number of carbonyl (C=O) groups excluding carboxylic acids is 1. The number of amides is 1. The van der Waals surface area contributed by atoms with Crippen molar-refractivity contribution in [1.29, 1.82) is 5.26 Å². The van der Waals surface area contributed by atoms with E-state index in [1.807, 2.05) is 43.1 Å². The summed E-state index contributed by atoms with van der Waals surface area (Å²) >= 11 is 6.15. The van der Waals surface area contributed by atoms with E-state index >= 15 is 0 Å². The van der Waals surface area contributed by atoms with E-state index in [4.69, 9.17) is 11.6 Å². The van der Waals surface area contributed by atoms with Crippen LogP contribution in [0.25, 0.3) is 22.2 Å². The first kappa shape index (κ1) is 18.5. The Kier molecular flexibility index (Phi) is 4.80. The second-order valence-corrected chi connectivity index (χ2v) is 7.60. The average Bonchev–Trinajstić information content (AvgIpc) is 2.96. The number of nitriles is 1. The Morgan fingerprint density at radius 3 is 2.79 bits per heavy atom. The van der Waals surface area contributed by atoms with Crippen molar-refractivity contribution in [2.75, 3.05) is 26.7 Å². The average molecular weight is 394 g/mol. The number of rotatable bonds is 3. The highest BCUT2D eigenvalue weighted by Crippen LogP contribution is 2.34. The molecule has 7 heteroatoms. The Bertz CT molecular complexity index is 1110. The van der Waals surface area contributed by atoms with E-state index in [0.29, 0.717) is 23.7 Å². The fraction of sp³-hybridized carbons (Fsp3) is 0.286. The van der Waals surface area contributed by atoms with Crippen LogP contribution in [0.5, 0.6) is 0 Å². The second kappa shape index (κ2) is 7.27. The third kappa shape index (κ3) is 3.24. The number of aryl methyl sites for hydroxylation is 1. The van der Waals surface area contributed by atoms with Crippen molar-refractivity contribution < 1.29 is 4.79 Å². The number of nitrogens with zero attached hydrogens (tertiary/aromatic N) is 5. The van der Waals surface area contributed by atoms with Crippen LogP contribution < -0.4 is 0 Å². The highest BCUT2D eigenvalue weighted by Gasteiger charge is 2.22. The predicted molar refractivity (Wildman–Crippen MR) is 109 cm³/mol. The molecule has 3 aromatic rings. The number of pyridine rings is 1. The number of piperazine rings is 1. The fourth-order valence-electron chi connectivity index (χ4n) is 3.76. The van der Waals surface area contributed by atoms with Gasteiger partial charge in [-0.1, -0.05) is 11.6 Å². The third-order valence-electron chi connectivity index (χ3n) is 5.29. The van der Waals surface area contributed by atoms with E-state index < -0.39 is 0 Å². The molecule has 0 saturated carbocycles. The molecule has 1 amide bonds. The Balaban J connectivity index is 1.71. The van der Waals surface area contributed by atoms with Crippen LogP contribution >= 0.6 is 11.6 Å². The molecule has 0 unspecified atom stereocenters. The minimum absolute atomic E-state index is 0.132. The zero-order chi connectivity index (χ0) is 19.8. The lowest BCUT2D eigenvalue weighted by molar-refractivity contribution is -0.134. The number of carbonyl (C=O) groups is 1. The van der Waals surface area contributed by atoms with Crippen molar-refractivity contribution in [1.82, 2.24) is 19.4 Å². The molecular weight excluding hydrogens is 374 g/mol.